The molecule has 0 atom stereocenters. The summed E-state index contributed by atoms with van der Waals surface area (Å²) in [5.41, 5.74) is 8.57. The largest absolute Gasteiger partial charge is 0.398 e. The number of nitrogens with zero attached hydrogens (tertiary/aromatic N) is 2. The minimum Gasteiger partial charge on any atom is -0.398 e. The van der Waals surface area contributed by atoms with Crippen molar-refractivity contribution in [1.29, 1.82) is 0 Å². The number of carbonyl (C=O) groups is 1. The molecular weight excluding hydrogens is 260 g/mol. The normalized spacial score (nSPS) is 14.4. The zero-order valence-electron chi connectivity index (χ0n) is 10.5. The Morgan fingerprint density at radius 1 is 1.42 bits per heavy atom. The van der Waals surface area contributed by atoms with Crippen LogP contribution in [0.25, 0.3) is 10.6 Å². The van der Waals surface area contributed by atoms with Gasteiger partial charge in [-0.15, -0.1) is 10.2 Å². The van der Waals surface area contributed by atoms with Gasteiger partial charge in [0.1, 0.15) is 5.01 Å². The van der Waals surface area contributed by atoms with E-state index in [4.69, 9.17) is 5.73 Å². The Labute approximate surface area is 114 Å². The first kappa shape index (κ1) is 12.1. The van der Waals surface area contributed by atoms with Gasteiger partial charge in [-0.25, -0.2) is 0 Å². The number of anilines is 2. The summed E-state index contributed by atoms with van der Waals surface area (Å²) >= 11 is 1.36. The van der Waals surface area contributed by atoms with Crippen LogP contribution in [-0.2, 0) is 4.79 Å². The van der Waals surface area contributed by atoms with Gasteiger partial charge in [0.2, 0.25) is 11.0 Å². The first-order valence-electron chi connectivity index (χ1n) is 6.14. The van der Waals surface area contributed by atoms with E-state index in [2.05, 4.69) is 15.5 Å². The molecule has 1 heterocycles. The third-order valence-electron chi connectivity index (χ3n) is 3.13. The van der Waals surface area contributed by atoms with E-state index in [0.717, 1.165) is 34.7 Å². The molecule has 0 unspecified atom stereocenters. The number of hydrogen-bond acceptors (Lipinski definition) is 5. The van der Waals surface area contributed by atoms with Crippen molar-refractivity contribution in [2.45, 2.75) is 19.8 Å². The maximum Gasteiger partial charge on any atom is 0.229 e. The zero-order chi connectivity index (χ0) is 13.4. The van der Waals surface area contributed by atoms with Gasteiger partial charge in [0.05, 0.1) is 0 Å². The van der Waals surface area contributed by atoms with E-state index in [0.29, 0.717) is 5.13 Å². The molecule has 1 saturated carbocycles. The van der Waals surface area contributed by atoms with Crippen molar-refractivity contribution < 1.29 is 4.79 Å². The van der Waals surface area contributed by atoms with Crippen LogP contribution in [0.3, 0.4) is 0 Å². The molecule has 0 aliphatic heterocycles. The van der Waals surface area contributed by atoms with Crippen LogP contribution in [0, 0.1) is 12.8 Å². The minimum absolute atomic E-state index is 0.0473. The summed E-state index contributed by atoms with van der Waals surface area (Å²) in [5, 5.41) is 12.2. The van der Waals surface area contributed by atoms with Crippen LogP contribution in [-0.4, -0.2) is 16.1 Å². The number of hydrogen-bond donors (Lipinski definition) is 2. The number of nitrogens with one attached hydrogen (secondary N) is 1. The van der Waals surface area contributed by atoms with E-state index in [-0.39, 0.29) is 11.8 Å². The number of nitrogens with two attached hydrogens (primary N) is 1. The highest BCUT2D eigenvalue weighted by molar-refractivity contribution is 7.18. The van der Waals surface area contributed by atoms with Gasteiger partial charge in [-0.05, 0) is 31.4 Å². The number of amides is 1. The lowest BCUT2D eigenvalue weighted by molar-refractivity contribution is -0.117. The minimum atomic E-state index is 0.0473. The molecule has 5 nitrogen and oxygen atoms in total. The second-order valence-electron chi connectivity index (χ2n) is 4.75. The molecule has 0 saturated heterocycles. The molecule has 6 heteroatoms. The van der Waals surface area contributed by atoms with E-state index >= 15 is 0 Å². The fourth-order valence-corrected chi connectivity index (χ4v) is 2.46. The Balaban J connectivity index is 1.79. The third-order valence-corrected chi connectivity index (χ3v) is 4.02. The summed E-state index contributed by atoms with van der Waals surface area (Å²) in [6.07, 6.45) is 1.96. The summed E-state index contributed by atoms with van der Waals surface area (Å²) in [5.74, 6) is 0.216. The van der Waals surface area contributed by atoms with Crippen LogP contribution < -0.4 is 11.1 Å². The Kier molecular flexibility index (Phi) is 2.94. The molecule has 1 aliphatic carbocycles. The van der Waals surface area contributed by atoms with Crippen molar-refractivity contribution in [2.75, 3.05) is 11.1 Å². The van der Waals surface area contributed by atoms with Gasteiger partial charge in [0.15, 0.2) is 0 Å². The first-order valence-corrected chi connectivity index (χ1v) is 6.96. The lowest BCUT2D eigenvalue weighted by Gasteiger charge is -2.01. The van der Waals surface area contributed by atoms with Crippen LogP contribution >= 0.6 is 11.3 Å². The number of nitrogen functional groups attached to an aromatic ring is 1. The third kappa shape index (κ3) is 2.58. The maximum atomic E-state index is 11.6. The summed E-state index contributed by atoms with van der Waals surface area (Å²) in [6, 6.07) is 5.79. The molecule has 98 valence electrons. The summed E-state index contributed by atoms with van der Waals surface area (Å²) in [4.78, 5) is 11.6. The fourth-order valence-electron chi connectivity index (χ4n) is 1.72. The van der Waals surface area contributed by atoms with Gasteiger partial charge < -0.3 is 11.1 Å². The highest BCUT2D eigenvalue weighted by atomic mass is 32.1. The Morgan fingerprint density at radius 3 is 2.89 bits per heavy atom. The van der Waals surface area contributed by atoms with E-state index in [1.165, 1.54) is 11.3 Å². The van der Waals surface area contributed by atoms with Crippen molar-refractivity contribution >= 4 is 28.1 Å². The number of rotatable bonds is 3. The number of aromatic nitrogens is 2. The van der Waals surface area contributed by atoms with E-state index in [1.807, 2.05) is 25.1 Å². The Hall–Kier alpha value is -1.95. The lowest BCUT2D eigenvalue weighted by Crippen LogP contribution is -2.12. The number of carbonyl (C=O) groups excluding carboxylic acids is 1. The summed E-state index contributed by atoms with van der Waals surface area (Å²) in [7, 11) is 0. The fraction of sp³-hybridized carbons (Fsp3) is 0.308. The highest BCUT2D eigenvalue weighted by Crippen LogP contribution is 2.32. The molecule has 1 aliphatic rings. The number of benzene rings is 1. The summed E-state index contributed by atoms with van der Waals surface area (Å²) in [6.45, 7) is 1.96. The molecule has 3 N–H and O–H groups in total. The molecule has 0 bridgehead atoms. The lowest BCUT2D eigenvalue weighted by atomic mass is 10.1. The van der Waals surface area contributed by atoms with Crippen molar-refractivity contribution in [3.63, 3.8) is 0 Å². The van der Waals surface area contributed by atoms with Crippen molar-refractivity contribution in [2.24, 2.45) is 5.92 Å². The van der Waals surface area contributed by atoms with Gasteiger partial charge >= 0.3 is 0 Å². The molecule has 1 aromatic carbocycles. The Morgan fingerprint density at radius 2 is 2.21 bits per heavy atom. The second-order valence-corrected chi connectivity index (χ2v) is 5.72. The van der Waals surface area contributed by atoms with E-state index in [1.54, 1.807) is 0 Å². The molecule has 0 radical (unpaired) electrons. The van der Waals surface area contributed by atoms with Crippen LogP contribution in [0.2, 0.25) is 0 Å². The molecule has 19 heavy (non-hydrogen) atoms. The van der Waals surface area contributed by atoms with Crippen molar-refractivity contribution in [3.8, 4) is 10.6 Å². The van der Waals surface area contributed by atoms with Crippen LogP contribution in [0.4, 0.5) is 10.8 Å². The van der Waals surface area contributed by atoms with Gasteiger partial charge in [0.25, 0.3) is 0 Å². The number of aryl methyl sites for hydroxylation is 1. The molecule has 0 spiro atoms. The average Bonchev–Trinajstić information content (AvgIpc) is 3.14. The molecule has 2 aromatic rings. The van der Waals surface area contributed by atoms with Crippen LogP contribution in [0.1, 0.15) is 18.4 Å². The second kappa shape index (κ2) is 4.62. The van der Waals surface area contributed by atoms with E-state index in [9.17, 15) is 4.79 Å². The average molecular weight is 274 g/mol. The SMILES string of the molecule is Cc1ccc(-c2nnc(NC(=O)C3CC3)s2)cc1N. The topological polar surface area (TPSA) is 80.9 Å². The van der Waals surface area contributed by atoms with Gasteiger partial charge in [-0.3, -0.25) is 4.79 Å². The quantitative estimate of drug-likeness (QED) is 0.842. The smallest absolute Gasteiger partial charge is 0.229 e. The predicted octanol–water partition coefficient (Wildman–Crippen LogP) is 2.44. The first-order chi connectivity index (χ1) is 9.13. The molecule has 1 fully saturated rings. The molecule has 1 aromatic heterocycles. The highest BCUT2D eigenvalue weighted by Gasteiger charge is 2.30. The van der Waals surface area contributed by atoms with E-state index < -0.39 is 0 Å². The van der Waals surface area contributed by atoms with Gasteiger partial charge in [0, 0.05) is 17.2 Å². The van der Waals surface area contributed by atoms with Crippen LogP contribution in [0.15, 0.2) is 18.2 Å². The molecule has 3 rings (SSSR count). The monoisotopic (exact) mass is 274 g/mol. The zero-order valence-corrected chi connectivity index (χ0v) is 11.3. The Bertz CT molecular complexity index is 633. The molecule has 1 amide bonds. The molecular formula is C13H14N4OS. The summed E-state index contributed by atoms with van der Waals surface area (Å²) < 4.78 is 0. The standard InChI is InChI=1S/C13H14N4OS/c1-7-2-3-9(6-10(7)14)12-16-17-13(19-12)15-11(18)8-4-5-8/h2-3,6,8H,4-5,14H2,1H3,(H,15,17,18). The van der Waals surface area contributed by atoms with Gasteiger partial charge in [-0.2, -0.15) is 0 Å². The maximum absolute atomic E-state index is 11.6. The van der Waals surface area contributed by atoms with Crippen LogP contribution in [0.5, 0.6) is 0 Å². The predicted molar refractivity (Wildman–Crippen MR) is 75.8 cm³/mol. The van der Waals surface area contributed by atoms with Crippen molar-refractivity contribution in [3.05, 3.63) is 23.8 Å². The van der Waals surface area contributed by atoms with Crippen molar-refractivity contribution in [1.82, 2.24) is 10.2 Å². The van der Waals surface area contributed by atoms with Gasteiger partial charge in [-0.1, -0.05) is 23.5 Å².